The van der Waals surface area contributed by atoms with Crippen LogP contribution in [0.4, 0.5) is 0 Å². The highest BCUT2D eigenvalue weighted by Gasteiger charge is 2.15. The average molecular weight is 249 g/mol. The fourth-order valence-corrected chi connectivity index (χ4v) is 2.15. The van der Waals surface area contributed by atoms with Crippen molar-refractivity contribution in [2.24, 2.45) is 0 Å². The molecule has 0 spiro atoms. The van der Waals surface area contributed by atoms with E-state index in [1.54, 1.807) is 0 Å². The first kappa shape index (κ1) is 13.4. The summed E-state index contributed by atoms with van der Waals surface area (Å²) in [6.45, 7) is 7.67. The Morgan fingerprint density at radius 2 is 2.28 bits per heavy atom. The number of benzene rings is 1. The number of hydrogen-bond donors (Lipinski definition) is 1. The predicted molar refractivity (Wildman–Crippen MR) is 73.3 cm³/mol. The van der Waals surface area contributed by atoms with E-state index in [4.69, 9.17) is 9.47 Å². The van der Waals surface area contributed by atoms with E-state index < -0.39 is 0 Å². The minimum absolute atomic E-state index is 0.170. The van der Waals surface area contributed by atoms with Gasteiger partial charge in [-0.2, -0.15) is 0 Å². The Morgan fingerprint density at radius 3 is 3.00 bits per heavy atom. The second-order valence-corrected chi connectivity index (χ2v) is 4.86. The van der Waals surface area contributed by atoms with Crippen molar-refractivity contribution in [3.05, 3.63) is 29.8 Å². The summed E-state index contributed by atoms with van der Waals surface area (Å²) in [7, 11) is 0. The summed E-state index contributed by atoms with van der Waals surface area (Å²) < 4.78 is 11.6. The van der Waals surface area contributed by atoms with Crippen molar-refractivity contribution in [2.75, 3.05) is 26.3 Å². The van der Waals surface area contributed by atoms with Crippen molar-refractivity contribution in [3.63, 3.8) is 0 Å². The van der Waals surface area contributed by atoms with Crippen molar-refractivity contribution in [1.29, 1.82) is 0 Å². The maximum absolute atomic E-state index is 5.93. The molecule has 100 valence electrons. The van der Waals surface area contributed by atoms with Gasteiger partial charge in [0.15, 0.2) is 0 Å². The lowest BCUT2D eigenvalue weighted by Gasteiger charge is -2.24. The Hall–Kier alpha value is -1.06. The maximum atomic E-state index is 5.93. The van der Waals surface area contributed by atoms with Gasteiger partial charge < -0.3 is 14.8 Å². The zero-order valence-electron chi connectivity index (χ0n) is 11.3. The molecule has 1 fully saturated rings. The van der Waals surface area contributed by atoms with E-state index in [-0.39, 0.29) is 6.10 Å². The lowest BCUT2D eigenvalue weighted by Crippen LogP contribution is -2.41. The molecule has 1 aliphatic heterocycles. The SMILES string of the molecule is CCC(C)c1ccccc1OCC1CNCCO1. The lowest BCUT2D eigenvalue weighted by atomic mass is 9.98. The zero-order valence-corrected chi connectivity index (χ0v) is 11.3. The Bertz CT molecular complexity index is 361. The highest BCUT2D eigenvalue weighted by atomic mass is 16.5. The summed E-state index contributed by atoms with van der Waals surface area (Å²) in [6, 6.07) is 8.31. The second kappa shape index (κ2) is 6.76. The Labute approximate surface area is 109 Å². The van der Waals surface area contributed by atoms with Crippen molar-refractivity contribution < 1.29 is 9.47 Å². The highest BCUT2D eigenvalue weighted by molar-refractivity contribution is 5.35. The minimum Gasteiger partial charge on any atom is -0.491 e. The van der Waals surface area contributed by atoms with Gasteiger partial charge in [0, 0.05) is 13.1 Å². The van der Waals surface area contributed by atoms with Crippen LogP contribution in [0.3, 0.4) is 0 Å². The van der Waals surface area contributed by atoms with Gasteiger partial charge in [0.1, 0.15) is 18.5 Å². The zero-order chi connectivity index (χ0) is 12.8. The normalized spacial score (nSPS) is 21.6. The molecule has 1 aliphatic rings. The molecule has 18 heavy (non-hydrogen) atoms. The van der Waals surface area contributed by atoms with Crippen molar-refractivity contribution in [1.82, 2.24) is 5.32 Å². The van der Waals surface area contributed by atoms with Gasteiger partial charge in [-0.25, -0.2) is 0 Å². The number of hydrogen-bond acceptors (Lipinski definition) is 3. The second-order valence-electron chi connectivity index (χ2n) is 4.86. The molecule has 1 saturated heterocycles. The highest BCUT2D eigenvalue weighted by Crippen LogP contribution is 2.28. The molecule has 0 saturated carbocycles. The van der Waals surface area contributed by atoms with E-state index in [9.17, 15) is 0 Å². The summed E-state index contributed by atoms with van der Waals surface area (Å²) in [5.41, 5.74) is 1.30. The fraction of sp³-hybridized carbons (Fsp3) is 0.600. The number of rotatable bonds is 5. The Kier molecular flexibility index (Phi) is 5.02. The van der Waals surface area contributed by atoms with Gasteiger partial charge in [-0.05, 0) is 24.0 Å². The van der Waals surface area contributed by atoms with Gasteiger partial charge in [-0.15, -0.1) is 0 Å². The average Bonchev–Trinajstić information content (AvgIpc) is 2.45. The van der Waals surface area contributed by atoms with Crippen LogP contribution in [0.25, 0.3) is 0 Å². The van der Waals surface area contributed by atoms with E-state index in [1.807, 2.05) is 6.07 Å². The molecule has 2 rings (SSSR count). The molecule has 1 aromatic rings. The molecule has 1 heterocycles. The van der Waals surface area contributed by atoms with Gasteiger partial charge in [0.2, 0.25) is 0 Å². The van der Waals surface area contributed by atoms with Crippen LogP contribution in [-0.2, 0) is 4.74 Å². The smallest absolute Gasteiger partial charge is 0.122 e. The molecule has 0 aliphatic carbocycles. The molecular formula is C15H23NO2. The van der Waals surface area contributed by atoms with Crippen LogP contribution >= 0.6 is 0 Å². The van der Waals surface area contributed by atoms with E-state index in [0.717, 1.165) is 31.9 Å². The topological polar surface area (TPSA) is 30.5 Å². The third-order valence-corrected chi connectivity index (χ3v) is 3.49. The molecule has 1 aromatic carbocycles. The van der Waals surface area contributed by atoms with Crippen molar-refractivity contribution in [2.45, 2.75) is 32.3 Å². The molecule has 0 bridgehead atoms. The summed E-state index contributed by atoms with van der Waals surface area (Å²) >= 11 is 0. The first-order valence-electron chi connectivity index (χ1n) is 6.85. The van der Waals surface area contributed by atoms with Crippen LogP contribution in [-0.4, -0.2) is 32.4 Å². The summed E-state index contributed by atoms with van der Waals surface area (Å²) in [5, 5.41) is 3.31. The van der Waals surface area contributed by atoms with Crippen molar-refractivity contribution in [3.8, 4) is 5.75 Å². The molecule has 0 aromatic heterocycles. The van der Waals surface area contributed by atoms with Crippen LogP contribution in [0, 0.1) is 0 Å². The Morgan fingerprint density at radius 1 is 1.44 bits per heavy atom. The van der Waals surface area contributed by atoms with Crippen LogP contribution < -0.4 is 10.1 Å². The van der Waals surface area contributed by atoms with Gasteiger partial charge >= 0.3 is 0 Å². The molecule has 0 amide bonds. The van der Waals surface area contributed by atoms with E-state index >= 15 is 0 Å². The molecule has 3 heteroatoms. The molecule has 2 atom stereocenters. The number of para-hydroxylation sites is 1. The van der Waals surface area contributed by atoms with Crippen LogP contribution in [0.2, 0.25) is 0 Å². The van der Waals surface area contributed by atoms with E-state index in [0.29, 0.717) is 12.5 Å². The van der Waals surface area contributed by atoms with E-state index in [1.165, 1.54) is 5.56 Å². The number of nitrogens with one attached hydrogen (secondary N) is 1. The molecule has 1 N–H and O–H groups in total. The van der Waals surface area contributed by atoms with Gasteiger partial charge in [-0.1, -0.05) is 32.0 Å². The van der Waals surface area contributed by atoms with Crippen LogP contribution in [0.5, 0.6) is 5.75 Å². The van der Waals surface area contributed by atoms with Gasteiger partial charge in [0.05, 0.1) is 6.61 Å². The monoisotopic (exact) mass is 249 g/mol. The third-order valence-electron chi connectivity index (χ3n) is 3.49. The molecular weight excluding hydrogens is 226 g/mol. The van der Waals surface area contributed by atoms with Crippen molar-refractivity contribution >= 4 is 0 Å². The maximum Gasteiger partial charge on any atom is 0.122 e. The number of ether oxygens (including phenoxy) is 2. The molecule has 2 unspecified atom stereocenters. The van der Waals surface area contributed by atoms with Crippen LogP contribution in [0.1, 0.15) is 31.7 Å². The fourth-order valence-electron chi connectivity index (χ4n) is 2.15. The standard InChI is InChI=1S/C15H23NO2/c1-3-12(2)14-6-4-5-7-15(14)18-11-13-10-16-8-9-17-13/h4-7,12-13,16H,3,8-11H2,1-2H3. The summed E-state index contributed by atoms with van der Waals surface area (Å²) in [6.07, 6.45) is 1.30. The quantitative estimate of drug-likeness (QED) is 0.870. The first-order chi connectivity index (χ1) is 8.81. The number of morpholine rings is 1. The Balaban J connectivity index is 1.95. The van der Waals surface area contributed by atoms with Gasteiger partial charge in [0.25, 0.3) is 0 Å². The van der Waals surface area contributed by atoms with Gasteiger partial charge in [-0.3, -0.25) is 0 Å². The largest absolute Gasteiger partial charge is 0.491 e. The molecule has 0 radical (unpaired) electrons. The minimum atomic E-state index is 0.170. The predicted octanol–water partition coefficient (Wildman–Crippen LogP) is 2.57. The summed E-state index contributed by atoms with van der Waals surface area (Å²) in [5.74, 6) is 1.53. The van der Waals surface area contributed by atoms with E-state index in [2.05, 4.69) is 37.4 Å². The first-order valence-corrected chi connectivity index (χ1v) is 6.85. The third kappa shape index (κ3) is 3.47. The summed E-state index contributed by atoms with van der Waals surface area (Å²) in [4.78, 5) is 0. The molecule has 3 nitrogen and oxygen atoms in total. The lowest BCUT2D eigenvalue weighted by molar-refractivity contribution is -0.0000469. The van der Waals surface area contributed by atoms with Crippen LogP contribution in [0.15, 0.2) is 24.3 Å².